The van der Waals surface area contributed by atoms with Crippen molar-refractivity contribution in [2.75, 3.05) is 26.2 Å². The Balaban J connectivity index is 1.32. The van der Waals surface area contributed by atoms with E-state index in [2.05, 4.69) is 71.7 Å². The molecule has 42 heavy (non-hydrogen) atoms. The summed E-state index contributed by atoms with van der Waals surface area (Å²) >= 11 is 0. The lowest BCUT2D eigenvalue weighted by molar-refractivity contribution is 0.200. The number of nitrogens with zero attached hydrogens (tertiary/aromatic N) is 1. The van der Waals surface area contributed by atoms with Gasteiger partial charge in [0.05, 0.1) is 0 Å². The van der Waals surface area contributed by atoms with E-state index in [1.807, 2.05) is 54.6 Å². The molecule has 1 aliphatic heterocycles. The molecule has 4 aromatic carbocycles. The van der Waals surface area contributed by atoms with Crippen molar-refractivity contribution in [3.8, 4) is 11.5 Å². The van der Waals surface area contributed by atoms with Gasteiger partial charge in [-0.1, -0.05) is 97.4 Å². The largest absolute Gasteiger partial charge is 0.492 e. The molecular formula is C37H40N2O3. The first-order chi connectivity index (χ1) is 20.7. The molecule has 0 unspecified atom stereocenters. The van der Waals surface area contributed by atoms with Gasteiger partial charge in [0.15, 0.2) is 0 Å². The van der Waals surface area contributed by atoms with Crippen LogP contribution in [0.2, 0.25) is 0 Å². The first-order valence-corrected chi connectivity index (χ1v) is 15.0. The number of rotatable bonds is 12. The average molecular weight is 561 g/mol. The molecule has 5 nitrogen and oxygen atoms in total. The Kier molecular flexibility index (Phi) is 10.4. The van der Waals surface area contributed by atoms with E-state index in [4.69, 9.17) is 9.47 Å². The molecule has 1 aliphatic rings. The number of likely N-dealkylation sites (tertiary alicyclic amines) is 1. The molecule has 1 fully saturated rings. The minimum atomic E-state index is -0.471. The molecule has 0 atom stereocenters. The van der Waals surface area contributed by atoms with Crippen molar-refractivity contribution >= 4 is 11.7 Å². The highest BCUT2D eigenvalue weighted by Gasteiger charge is 2.14. The van der Waals surface area contributed by atoms with Crippen LogP contribution in [0.3, 0.4) is 0 Å². The van der Waals surface area contributed by atoms with E-state index in [1.165, 1.54) is 42.6 Å². The smallest absolute Gasteiger partial charge is 0.412 e. The zero-order chi connectivity index (χ0) is 29.0. The molecule has 1 N–H and O–H groups in total. The van der Waals surface area contributed by atoms with E-state index < -0.39 is 6.09 Å². The van der Waals surface area contributed by atoms with Crippen LogP contribution in [-0.2, 0) is 13.0 Å². The zero-order valence-electron chi connectivity index (χ0n) is 24.4. The van der Waals surface area contributed by atoms with Gasteiger partial charge in [0, 0.05) is 13.1 Å². The second kappa shape index (κ2) is 15.0. The lowest BCUT2D eigenvalue weighted by Gasteiger charge is -2.18. The van der Waals surface area contributed by atoms with E-state index in [0.29, 0.717) is 18.9 Å². The number of amides is 1. The third-order valence-electron chi connectivity index (χ3n) is 7.69. The fraction of sp³-hybridized carbons (Fsp3) is 0.270. The van der Waals surface area contributed by atoms with Crippen molar-refractivity contribution in [3.05, 3.63) is 137 Å². The molecule has 1 amide bonds. The fourth-order valence-electron chi connectivity index (χ4n) is 5.43. The predicted octanol–water partition coefficient (Wildman–Crippen LogP) is 7.90. The summed E-state index contributed by atoms with van der Waals surface area (Å²) < 4.78 is 11.6. The van der Waals surface area contributed by atoms with E-state index >= 15 is 0 Å². The number of ether oxygens (including phenoxy) is 2. The highest BCUT2D eigenvalue weighted by atomic mass is 16.6. The van der Waals surface area contributed by atoms with Crippen LogP contribution >= 0.6 is 0 Å². The minimum Gasteiger partial charge on any atom is -0.492 e. The first kappa shape index (κ1) is 29.2. The van der Waals surface area contributed by atoms with Gasteiger partial charge in [0.25, 0.3) is 0 Å². The van der Waals surface area contributed by atoms with Crippen molar-refractivity contribution in [1.82, 2.24) is 10.2 Å². The summed E-state index contributed by atoms with van der Waals surface area (Å²) in [6.45, 7) is 6.67. The van der Waals surface area contributed by atoms with Crippen LogP contribution in [-0.4, -0.2) is 37.2 Å². The number of carbonyl (C=O) groups excluding carboxylic acids is 1. The van der Waals surface area contributed by atoms with Gasteiger partial charge in [-0.05, 0) is 90.9 Å². The molecule has 1 heterocycles. The number of nitrogens with one attached hydrogen (secondary N) is 1. The van der Waals surface area contributed by atoms with Crippen LogP contribution in [0.4, 0.5) is 4.79 Å². The molecule has 4 aromatic rings. The second-order valence-electron chi connectivity index (χ2n) is 10.7. The monoisotopic (exact) mass is 560 g/mol. The lowest BCUT2D eigenvalue weighted by atomic mass is 9.88. The second-order valence-corrected chi connectivity index (χ2v) is 10.7. The lowest BCUT2D eigenvalue weighted by Crippen LogP contribution is -2.26. The molecule has 0 radical (unpaired) electrons. The molecule has 0 aromatic heterocycles. The summed E-state index contributed by atoms with van der Waals surface area (Å²) in [6, 6.07) is 36.6. The normalized spacial score (nSPS) is 13.8. The summed E-state index contributed by atoms with van der Waals surface area (Å²) in [5.41, 5.74) is 7.08. The number of allylic oxidation sites excluding steroid dienone is 1. The minimum absolute atomic E-state index is 0.419. The number of hydrogen-bond acceptors (Lipinski definition) is 4. The molecule has 5 rings (SSSR count). The van der Waals surface area contributed by atoms with Crippen LogP contribution in [0.1, 0.15) is 48.4 Å². The van der Waals surface area contributed by atoms with Gasteiger partial charge in [0.1, 0.15) is 18.1 Å². The zero-order valence-corrected chi connectivity index (χ0v) is 24.4. The molecule has 5 heteroatoms. The number of hydrogen-bond donors (Lipinski definition) is 1. The summed E-state index contributed by atoms with van der Waals surface area (Å²) in [7, 11) is 0. The van der Waals surface area contributed by atoms with E-state index in [-0.39, 0.29) is 0 Å². The standard InChI is InChI=1S/C37H40N2O3/c1-2-31(27-29-11-5-3-6-12-29)36(32-15-19-34(20-16-32)41-26-25-39-23-9-10-24-39)33-17-21-35(22-18-33)42-37(40)38-28-30-13-7-4-8-14-30/h3-8,11-22H,2,9-10,23-28H2,1H3,(H,38,40). The Labute approximate surface area is 249 Å². The summed E-state index contributed by atoms with van der Waals surface area (Å²) in [5.74, 6) is 1.40. The van der Waals surface area contributed by atoms with E-state index in [9.17, 15) is 4.79 Å². The number of carbonyl (C=O) groups is 1. The van der Waals surface area contributed by atoms with Crippen LogP contribution in [0.15, 0.2) is 115 Å². The van der Waals surface area contributed by atoms with Gasteiger partial charge in [-0.3, -0.25) is 4.90 Å². The molecule has 0 saturated carbocycles. The first-order valence-electron chi connectivity index (χ1n) is 15.0. The van der Waals surface area contributed by atoms with E-state index in [0.717, 1.165) is 41.8 Å². The SMILES string of the molecule is CCC(Cc1ccccc1)=C(c1ccc(OCCN2CCCC2)cc1)c1ccc(OC(=O)NCc2ccccc2)cc1. The van der Waals surface area contributed by atoms with Crippen LogP contribution in [0.25, 0.3) is 5.57 Å². The van der Waals surface area contributed by atoms with Crippen molar-refractivity contribution in [3.63, 3.8) is 0 Å². The fourth-order valence-corrected chi connectivity index (χ4v) is 5.43. The van der Waals surface area contributed by atoms with Gasteiger partial charge in [-0.2, -0.15) is 0 Å². The van der Waals surface area contributed by atoms with Gasteiger partial charge >= 0.3 is 6.09 Å². The van der Waals surface area contributed by atoms with Crippen molar-refractivity contribution in [2.45, 2.75) is 39.2 Å². The van der Waals surface area contributed by atoms with Crippen LogP contribution < -0.4 is 14.8 Å². The van der Waals surface area contributed by atoms with E-state index in [1.54, 1.807) is 0 Å². The Bertz CT molecular complexity index is 1430. The third kappa shape index (κ3) is 8.34. The Morgan fingerprint density at radius 3 is 1.90 bits per heavy atom. The maximum absolute atomic E-state index is 12.4. The molecule has 0 bridgehead atoms. The predicted molar refractivity (Wildman–Crippen MR) is 170 cm³/mol. The van der Waals surface area contributed by atoms with Gasteiger partial charge < -0.3 is 14.8 Å². The van der Waals surface area contributed by atoms with Crippen molar-refractivity contribution < 1.29 is 14.3 Å². The molecular weight excluding hydrogens is 520 g/mol. The highest BCUT2D eigenvalue weighted by Crippen LogP contribution is 2.32. The Morgan fingerprint density at radius 2 is 1.31 bits per heavy atom. The third-order valence-corrected chi connectivity index (χ3v) is 7.69. The topological polar surface area (TPSA) is 50.8 Å². The summed E-state index contributed by atoms with van der Waals surface area (Å²) in [4.78, 5) is 14.9. The van der Waals surface area contributed by atoms with Gasteiger partial charge in [-0.25, -0.2) is 4.79 Å². The van der Waals surface area contributed by atoms with Gasteiger partial charge in [-0.15, -0.1) is 0 Å². The summed E-state index contributed by atoms with van der Waals surface area (Å²) in [5, 5.41) is 2.82. The maximum atomic E-state index is 12.4. The van der Waals surface area contributed by atoms with Crippen LogP contribution in [0.5, 0.6) is 11.5 Å². The van der Waals surface area contributed by atoms with Crippen molar-refractivity contribution in [1.29, 1.82) is 0 Å². The summed E-state index contributed by atoms with van der Waals surface area (Å²) in [6.07, 6.45) is 3.89. The molecule has 216 valence electrons. The number of benzene rings is 4. The maximum Gasteiger partial charge on any atom is 0.412 e. The molecule has 0 spiro atoms. The molecule has 1 saturated heterocycles. The average Bonchev–Trinajstić information content (AvgIpc) is 3.56. The van der Waals surface area contributed by atoms with Gasteiger partial charge in [0.2, 0.25) is 0 Å². The molecule has 0 aliphatic carbocycles. The van der Waals surface area contributed by atoms with Crippen LogP contribution in [0, 0.1) is 0 Å². The highest BCUT2D eigenvalue weighted by molar-refractivity contribution is 5.83. The quantitative estimate of drug-likeness (QED) is 0.191. The Morgan fingerprint density at radius 1 is 0.738 bits per heavy atom. The van der Waals surface area contributed by atoms with Crippen molar-refractivity contribution in [2.24, 2.45) is 0 Å². The Hall–Kier alpha value is -4.35.